The van der Waals surface area contributed by atoms with Gasteiger partial charge in [-0.3, -0.25) is 0 Å². The van der Waals surface area contributed by atoms with Crippen LogP contribution in [0.2, 0.25) is 0 Å². The third-order valence-electron chi connectivity index (χ3n) is 9.89. The van der Waals surface area contributed by atoms with E-state index in [1.54, 1.807) is 0 Å². The Morgan fingerprint density at radius 2 is 0.647 bits per heavy atom. The standard InChI is InChI=1S/C50H35N/c1-2-13-46(14-3-1)51(47-31-27-39(28-32-47)37-17-19-41(20-18-37)45-26-23-36-9-4-5-11-44(36)35-45)48-33-29-40(30-34-48)38-21-24-43(25-22-38)50-16-8-12-42-10-6-7-15-49(42)50/h1-35H. The maximum Gasteiger partial charge on any atom is 0.0462 e. The van der Waals surface area contributed by atoms with E-state index in [-0.39, 0.29) is 0 Å². The summed E-state index contributed by atoms with van der Waals surface area (Å²) in [4.78, 5) is 2.32. The van der Waals surface area contributed by atoms with E-state index in [1.165, 1.54) is 66.1 Å². The lowest BCUT2D eigenvalue weighted by atomic mass is 9.96. The molecule has 0 aliphatic rings. The second-order valence-electron chi connectivity index (χ2n) is 13.0. The van der Waals surface area contributed by atoms with Gasteiger partial charge >= 0.3 is 0 Å². The molecule has 9 aromatic rings. The third-order valence-corrected chi connectivity index (χ3v) is 9.89. The van der Waals surface area contributed by atoms with Gasteiger partial charge in [0.05, 0.1) is 0 Å². The van der Waals surface area contributed by atoms with Crippen LogP contribution in [0, 0.1) is 0 Å². The van der Waals surface area contributed by atoms with Crippen LogP contribution in [0.4, 0.5) is 17.1 Å². The van der Waals surface area contributed by atoms with Gasteiger partial charge in [0, 0.05) is 17.1 Å². The number of nitrogens with zero attached hydrogens (tertiary/aromatic N) is 1. The topological polar surface area (TPSA) is 3.24 Å². The molecule has 0 radical (unpaired) electrons. The van der Waals surface area contributed by atoms with Crippen LogP contribution < -0.4 is 4.90 Å². The zero-order valence-corrected chi connectivity index (χ0v) is 28.2. The van der Waals surface area contributed by atoms with E-state index in [0.29, 0.717) is 0 Å². The van der Waals surface area contributed by atoms with Crippen LogP contribution in [0.5, 0.6) is 0 Å². The summed E-state index contributed by atoms with van der Waals surface area (Å²) in [6.45, 7) is 0. The summed E-state index contributed by atoms with van der Waals surface area (Å²) < 4.78 is 0. The maximum atomic E-state index is 2.32. The van der Waals surface area contributed by atoms with Crippen LogP contribution in [0.15, 0.2) is 212 Å². The number of para-hydroxylation sites is 1. The SMILES string of the molecule is c1ccc(N(c2ccc(-c3ccc(-c4ccc5ccccc5c4)cc3)cc2)c2ccc(-c3ccc(-c4cccc5ccccc45)cc3)cc2)cc1. The van der Waals surface area contributed by atoms with E-state index >= 15 is 0 Å². The summed E-state index contributed by atoms with van der Waals surface area (Å²) in [6.07, 6.45) is 0. The molecule has 51 heavy (non-hydrogen) atoms. The van der Waals surface area contributed by atoms with E-state index in [1.807, 2.05) is 0 Å². The van der Waals surface area contributed by atoms with Crippen LogP contribution in [-0.2, 0) is 0 Å². The van der Waals surface area contributed by atoms with Crippen molar-refractivity contribution >= 4 is 38.6 Å². The predicted octanol–water partition coefficient (Wildman–Crippen LogP) is 14.1. The number of hydrogen-bond acceptors (Lipinski definition) is 1. The van der Waals surface area contributed by atoms with Gasteiger partial charge in [-0.05, 0) is 109 Å². The van der Waals surface area contributed by atoms with Crippen LogP contribution >= 0.6 is 0 Å². The molecular weight excluding hydrogens is 615 g/mol. The van der Waals surface area contributed by atoms with Gasteiger partial charge in [-0.2, -0.15) is 0 Å². The van der Waals surface area contributed by atoms with E-state index < -0.39 is 0 Å². The van der Waals surface area contributed by atoms with Gasteiger partial charge in [-0.15, -0.1) is 0 Å². The molecule has 1 heteroatoms. The van der Waals surface area contributed by atoms with Gasteiger partial charge < -0.3 is 4.90 Å². The van der Waals surface area contributed by atoms with Crippen molar-refractivity contribution in [2.24, 2.45) is 0 Å². The summed E-state index contributed by atoms with van der Waals surface area (Å²) in [5, 5.41) is 5.07. The first-order valence-electron chi connectivity index (χ1n) is 17.5. The largest absolute Gasteiger partial charge is 0.311 e. The molecule has 0 N–H and O–H groups in total. The summed E-state index contributed by atoms with van der Waals surface area (Å²) in [5.74, 6) is 0. The summed E-state index contributed by atoms with van der Waals surface area (Å²) in [7, 11) is 0. The molecule has 9 aromatic carbocycles. The van der Waals surface area contributed by atoms with Crippen molar-refractivity contribution in [3.05, 3.63) is 212 Å². The van der Waals surface area contributed by atoms with Gasteiger partial charge in [-0.1, -0.05) is 170 Å². The highest BCUT2D eigenvalue weighted by Crippen LogP contribution is 2.37. The Labute approximate surface area is 299 Å². The fourth-order valence-electron chi connectivity index (χ4n) is 7.17. The minimum Gasteiger partial charge on any atom is -0.311 e. The van der Waals surface area contributed by atoms with Crippen LogP contribution in [0.3, 0.4) is 0 Å². The molecule has 0 bridgehead atoms. The molecule has 9 rings (SSSR count). The van der Waals surface area contributed by atoms with Crippen molar-refractivity contribution in [3.63, 3.8) is 0 Å². The Balaban J connectivity index is 0.972. The number of hydrogen-bond donors (Lipinski definition) is 0. The van der Waals surface area contributed by atoms with E-state index in [9.17, 15) is 0 Å². The quantitative estimate of drug-likeness (QED) is 0.166. The second kappa shape index (κ2) is 13.3. The lowest BCUT2D eigenvalue weighted by Gasteiger charge is -2.26. The molecule has 0 unspecified atom stereocenters. The van der Waals surface area contributed by atoms with Crippen molar-refractivity contribution in [2.45, 2.75) is 0 Å². The van der Waals surface area contributed by atoms with Crippen molar-refractivity contribution in [2.75, 3.05) is 4.90 Å². The van der Waals surface area contributed by atoms with Crippen LogP contribution in [0.1, 0.15) is 0 Å². The molecular formula is C50H35N. The van der Waals surface area contributed by atoms with Crippen LogP contribution in [0.25, 0.3) is 66.1 Å². The summed E-state index contributed by atoms with van der Waals surface area (Å²) in [6, 6.07) is 76.5. The first-order chi connectivity index (χ1) is 25.3. The zero-order valence-electron chi connectivity index (χ0n) is 28.2. The van der Waals surface area contributed by atoms with Gasteiger partial charge in [-0.25, -0.2) is 0 Å². The van der Waals surface area contributed by atoms with Crippen molar-refractivity contribution in [1.82, 2.24) is 0 Å². The predicted molar refractivity (Wildman–Crippen MR) is 218 cm³/mol. The summed E-state index contributed by atoms with van der Waals surface area (Å²) in [5.41, 5.74) is 13.1. The van der Waals surface area contributed by atoms with Gasteiger partial charge in [0.2, 0.25) is 0 Å². The highest BCUT2D eigenvalue weighted by Gasteiger charge is 2.13. The Morgan fingerprint density at radius 3 is 1.25 bits per heavy atom. The van der Waals surface area contributed by atoms with Crippen molar-refractivity contribution < 1.29 is 0 Å². The molecule has 0 aliphatic heterocycles. The number of rotatable bonds is 7. The van der Waals surface area contributed by atoms with Crippen molar-refractivity contribution in [3.8, 4) is 44.5 Å². The normalized spacial score (nSPS) is 11.1. The second-order valence-corrected chi connectivity index (χ2v) is 13.0. The highest BCUT2D eigenvalue weighted by atomic mass is 15.1. The first kappa shape index (κ1) is 30.4. The molecule has 0 saturated carbocycles. The number of fused-ring (bicyclic) bond motifs is 2. The fourth-order valence-corrected chi connectivity index (χ4v) is 7.17. The zero-order chi connectivity index (χ0) is 34.0. The van der Waals surface area contributed by atoms with Gasteiger partial charge in [0.1, 0.15) is 0 Å². The van der Waals surface area contributed by atoms with E-state index in [2.05, 4.69) is 217 Å². The molecule has 0 heterocycles. The minimum absolute atomic E-state index is 1.12. The lowest BCUT2D eigenvalue weighted by molar-refractivity contribution is 1.28. The molecule has 0 aliphatic carbocycles. The Bertz CT molecular complexity index is 2580. The average Bonchev–Trinajstić information content (AvgIpc) is 3.22. The van der Waals surface area contributed by atoms with Gasteiger partial charge in [0.15, 0.2) is 0 Å². The van der Waals surface area contributed by atoms with Crippen LogP contribution in [-0.4, -0.2) is 0 Å². The Morgan fingerprint density at radius 1 is 0.235 bits per heavy atom. The molecule has 0 spiro atoms. The smallest absolute Gasteiger partial charge is 0.0462 e. The van der Waals surface area contributed by atoms with Gasteiger partial charge in [0.25, 0.3) is 0 Å². The maximum absolute atomic E-state index is 2.32. The molecule has 240 valence electrons. The highest BCUT2D eigenvalue weighted by molar-refractivity contribution is 5.97. The number of anilines is 3. The summed E-state index contributed by atoms with van der Waals surface area (Å²) >= 11 is 0. The molecule has 1 nitrogen and oxygen atoms in total. The number of benzene rings is 9. The molecule has 0 amide bonds. The molecule has 0 atom stereocenters. The Hall–Kier alpha value is -6.70. The van der Waals surface area contributed by atoms with Crippen molar-refractivity contribution in [1.29, 1.82) is 0 Å². The van der Waals surface area contributed by atoms with E-state index in [0.717, 1.165) is 17.1 Å². The molecule has 0 fully saturated rings. The molecule has 0 aromatic heterocycles. The first-order valence-corrected chi connectivity index (χ1v) is 17.5. The fraction of sp³-hybridized carbons (Fsp3) is 0. The Kier molecular flexibility index (Phi) is 7.92. The average molecular weight is 650 g/mol. The minimum atomic E-state index is 1.12. The molecule has 0 saturated heterocycles. The monoisotopic (exact) mass is 649 g/mol. The third kappa shape index (κ3) is 6.07. The lowest BCUT2D eigenvalue weighted by Crippen LogP contribution is -2.09. The van der Waals surface area contributed by atoms with E-state index in [4.69, 9.17) is 0 Å².